The zero-order chi connectivity index (χ0) is 10.1. The molecular weight excluding hydrogens is 168 g/mol. The molecule has 1 aromatic carbocycles. The second-order valence-corrected chi connectivity index (χ2v) is 4.51. The van der Waals surface area contributed by atoms with Gasteiger partial charge in [0.05, 0.1) is 0 Å². The molecule has 0 heterocycles. The van der Waals surface area contributed by atoms with Gasteiger partial charge in [-0.25, -0.2) is 0 Å². The first kappa shape index (κ1) is 9.51. The quantitative estimate of drug-likeness (QED) is 0.622. The maximum absolute atomic E-state index is 2.41. The molecule has 0 fully saturated rings. The molecule has 1 aromatic rings. The van der Waals surface area contributed by atoms with Crippen LogP contribution >= 0.6 is 0 Å². The first-order valence-corrected chi connectivity index (χ1v) is 5.48. The Balaban J connectivity index is 2.49. The Labute approximate surface area is 86.7 Å². The summed E-state index contributed by atoms with van der Waals surface area (Å²) in [6.45, 7) is 6.73. The van der Waals surface area contributed by atoms with Crippen molar-refractivity contribution in [3.63, 3.8) is 0 Å². The second kappa shape index (κ2) is 3.61. The van der Waals surface area contributed by atoms with E-state index in [4.69, 9.17) is 0 Å². The molecule has 2 rings (SSSR count). The van der Waals surface area contributed by atoms with Crippen LogP contribution in [-0.4, -0.2) is 0 Å². The highest BCUT2D eigenvalue weighted by Gasteiger charge is 2.14. The highest BCUT2D eigenvalue weighted by atomic mass is 14.2. The van der Waals surface area contributed by atoms with Crippen LogP contribution in [0.5, 0.6) is 0 Å². The molecule has 0 atom stereocenters. The van der Waals surface area contributed by atoms with Crippen molar-refractivity contribution in [2.75, 3.05) is 0 Å². The maximum atomic E-state index is 2.41. The number of hydrogen-bond acceptors (Lipinski definition) is 0. The van der Waals surface area contributed by atoms with E-state index in [9.17, 15) is 0 Å². The van der Waals surface area contributed by atoms with Crippen LogP contribution < -0.4 is 0 Å². The molecule has 0 bridgehead atoms. The van der Waals surface area contributed by atoms with Gasteiger partial charge >= 0.3 is 0 Å². The summed E-state index contributed by atoms with van der Waals surface area (Å²) in [5.74, 6) is 0.650. The third-order valence-electron chi connectivity index (χ3n) is 2.97. The molecule has 0 radical (unpaired) electrons. The monoisotopic (exact) mass is 186 g/mol. The summed E-state index contributed by atoms with van der Waals surface area (Å²) in [6.07, 6.45) is 4.83. The largest absolute Gasteiger partial charge is 0.0801 e. The number of aryl methyl sites for hydroxylation is 2. The van der Waals surface area contributed by atoms with E-state index in [1.165, 1.54) is 35.1 Å². The van der Waals surface area contributed by atoms with Gasteiger partial charge in [-0.3, -0.25) is 0 Å². The van der Waals surface area contributed by atoms with Crippen molar-refractivity contribution in [3.8, 4) is 0 Å². The highest BCUT2D eigenvalue weighted by molar-refractivity contribution is 5.71. The molecule has 0 saturated carbocycles. The van der Waals surface area contributed by atoms with Gasteiger partial charge in [0.25, 0.3) is 0 Å². The van der Waals surface area contributed by atoms with E-state index in [1.54, 1.807) is 0 Å². The van der Waals surface area contributed by atoms with Crippen LogP contribution in [-0.2, 0) is 6.42 Å². The Hall–Kier alpha value is -1.04. The van der Waals surface area contributed by atoms with Gasteiger partial charge in [0.2, 0.25) is 0 Å². The molecule has 1 aliphatic rings. The molecule has 0 saturated heterocycles. The zero-order valence-electron chi connectivity index (χ0n) is 9.30. The van der Waals surface area contributed by atoms with Gasteiger partial charge in [0, 0.05) is 0 Å². The Morgan fingerprint density at radius 1 is 1.21 bits per heavy atom. The summed E-state index contributed by atoms with van der Waals surface area (Å²) in [4.78, 5) is 0. The topological polar surface area (TPSA) is 0 Å². The summed E-state index contributed by atoms with van der Waals surface area (Å²) >= 11 is 0. The predicted octanol–water partition coefficient (Wildman–Crippen LogP) is 3.98. The molecule has 0 aromatic heterocycles. The van der Waals surface area contributed by atoms with Gasteiger partial charge in [-0.05, 0) is 42.4 Å². The highest BCUT2D eigenvalue weighted by Crippen LogP contribution is 2.31. The fraction of sp³-hybridized carbons (Fsp3) is 0.429. The van der Waals surface area contributed by atoms with E-state index in [0.717, 1.165) is 0 Å². The van der Waals surface area contributed by atoms with E-state index in [1.807, 2.05) is 0 Å². The predicted molar refractivity (Wildman–Crippen MR) is 62.3 cm³/mol. The van der Waals surface area contributed by atoms with Gasteiger partial charge < -0.3 is 0 Å². The summed E-state index contributed by atoms with van der Waals surface area (Å²) in [7, 11) is 0. The van der Waals surface area contributed by atoms with Crippen molar-refractivity contribution in [1.82, 2.24) is 0 Å². The van der Waals surface area contributed by atoms with Crippen LogP contribution in [0.2, 0.25) is 0 Å². The number of allylic oxidation sites excluding steroid dienone is 2. The van der Waals surface area contributed by atoms with Crippen LogP contribution in [0.3, 0.4) is 0 Å². The number of fused-ring (bicyclic) bond motifs is 1. The second-order valence-electron chi connectivity index (χ2n) is 4.51. The van der Waals surface area contributed by atoms with Crippen LogP contribution in [0, 0.1) is 12.8 Å². The van der Waals surface area contributed by atoms with Crippen LogP contribution in [0.1, 0.15) is 37.0 Å². The molecule has 74 valence electrons. The van der Waals surface area contributed by atoms with E-state index >= 15 is 0 Å². The van der Waals surface area contributed by atoms with Crippen LogP contribution in [0.4, 0.5) is 0 Å². The van der Waals surface area contributed by atoms with Crippen molar-refractivity contribution < 1.29 is 0 Å². The fourth-order valence-corrected chi connectivity index (χ4v) is 2.25. The lowest BCUT2D eigenvalue weighted by atomic mass is 9.84. The average molecular weight is 186 g/mol. The maximum Gasteiger partial charge on any atom is -0.0193 e. The minimum Gasteiger partial charge on any atom is -0.0801 e. The van der Waals surface area contributed by atoms with Gasteiger partial charge in [-0.2, -0.15) is 0 Å². The SMILES string of the molecule is Cc1ccc2c(c1)CCC=C2C(C)C. The molecule has 0 aliphatic heterocycles. The summed E-state index contributed by atoms with van der Waals surface area (Å²) in [6, 6.07) is 6.85. The first-order chi connectivity index (χ1) is 6.68. The van der Waals surface area contributed by atoms with Crippen molar-refractivity contribution in [2.45, 2.75) is 33.6 Å². The lowest BCUT2D eigenvalue weighted by Gasteiger charge is -2.21. The van der Waals surface area contributed by atoms with Gasteiger partial charge in [0.1, 0.15) is 0 Å². The third-order valence-corrected chi connectivity index (χ3v) is 2.97. The van der Waals surface area contributed by atoms with E-state index in [0.29, 0.717) is 5.92 Å². The third kappa shape index (κ3) is 1.61. The molecule has 0 unspecified atom stereocenters. The normalized spacial score (nSPS) is 15.3. The smallest absolute Gasteiger partial charge is 0.0193 e. The molecular formula is C14H18. The number of benzene rings is 1. The molecule has 14 heavy (non-hydrogen) atoms. The fourth-order valence-electron chi connectivity index (χ4n) is 2.25. The van der Waals surface area contributed by atoms with Crippen molar-refractivity contribution >= 4 is 5.57 Å². The Kier molecular flexibility index (Phi) is 2.45. The Morgan fingerprint density at radius 2 is 2.00 bits per heavy atom. The number of hydrogen-bond donors (Lipinski definition) is 0. The van der Waals surface area contributed by atoms with E-state index in [2.05, 4.69) is 45.0 Å². The van der Waals surface area contributed by atoms with Crippen LogP contribution in [0.15, 0.2) is 24.3 Å². The lowest BCUT2D eigenvalue weighted by molar-refractivity contribution is 0.828. The minimum absolute atomic E-state index is 0.650. The van der Waals surface area contributed by atoms with Crippen molar-refractivity contribution in [3.05, 3.63) is 41.0 Å². The average Bonchev–Trinajstić information content (AvgIpc) is 2.16. The summed E-state index contributed by atoms with van der Waals surface area (Å²) in [5.41, 5.74) is 5.94. The standard InChI is InChI=1S/C14H18/c1-10(2)13-6-4-5-12-9-11(3)7-8-14(12)13/h6-10H,4-5H2,1-3H3. The Bertz CT molecular complexity index is 370. The van der Waals surface area contributed by atoms with Gasteiger partial charge in [-0.15, -0.1) is 0 Å². The van der Waals surface area contributed by atoms with Gasteiger partial charge in [-0.1, -0.05) is 43.7 Å². The van der Waals surface area contributed by atoms with Crippen LogP contribution in [0.25, 0.3) is 5.57 Å². The van der Waals surface area contributed by atoms with Gasteiger partial charge in [0.15, 0.2) is 0 Å². The lowest BCUT2D eigenvalue weighted by Crippen LogP contribution is -2.04. The molecule has 0 amide bonds. The molecule has 0 heteroatoms. The molecule has 1 aliphatic carbocycles. The minimum atomic E-state index is 0.650. The summed E-state index contributed by atoms with van der Waals surface area (Å²) in [5, 5.41) is 0. The zero-order valence-corrected chi connectivity index (χ0v) is 9.30. The van der Waals surface area contributed by atoms with Crippen molar-refractivity contribution in [1.29, 1.82) is 0 Å². The first-order valence-electron chi connectivity index (χ1n) is 5.48. The van der Waals surface area contributed by atoms with E-state index < -0.39 is 0 Å². The molecule has 0 N–H and O–H groups in total. The summed E-state index contributed by atoms with van der Waals surface area (Å²) < 4.78 is 0. The van der Waals surface area contributed by atoms with E-state index in [-0.39, 0.29) is 0 Å². The molecule has 0 spiro atoms. The molecule has 0 nitrogen and oxygen atoms in total. The number of rotatable bonds is 1. The van der Waals surface area contributed by atoms with Crippen molar-refractivity contribution in [2.24, 2.45) is 5.92 Å². The Morgan fingerprint density at radius 3 is 2.71 bits per heavy atom.